The van der Waals surface area contributed by atoms with Crippen molar-refractivity contribution in [2.24, 2.45) is 0 Å². The Kier molecular flexibility index (Phi) is 5.61. The Labute approximate surface area is 158 Å². The van der Waals surface area contributed by atoms with Crippen LogP contribution >= 0.6 is 11.6 Å². The van der Waals surface area contributed by atoms with Crippen molar-refractivity contribution < 1.29 is 14.3 Å². The molecular formula is C19H22ClN3O3. The van der Waals surface area contributed by atoms with Crippen LogP contribution in [0.5, 0.6) is 11.6 Å². The Hall–Kier alpha value is -2.34. The zero-order valence-corrected chi connectivity index (χ0v) is 15.9. The first kappa shape index (κ1) is 18.5. The fraction of sp³-hybridized carbons (Fsp3) is 0.421. The molecule has 0 saturated carbocycles. The van der Waals surface area contributed by atoms with Crippen molar-refractivity contribution in [3.05, 3.63) is 46.4 Å². The number of hydrogen-bond acceptors (Lipinski definition) is 5. The van der Waals surface area contributed by atoms with E-state index in [-0.39, 0.29) is 12.0 Å². The highest BCUT2D eigenvalue weighted by Gasteiger charge is 2.27. The van der Waals surface area contributed by atoms with Crippen LogP contribution in [0.3, 0.4) is 0 Å². The molecule has 0 spiro atoms. The van der Waals surface area contributed by atoms with Gasteiger partial charge < -0.3 is 14.4 Å². The number of piperidine rings is 1. The third kappa shape index (κ3) is 4.25. The third-order valence-corrected chi connectivity index (χ3v) is 4.52. The molecule has 6 nitrogen and oxygen atoms in total. The number of aromatic nitrogens is 2. The van der Waals surface area contributed by atoms with Gasteiger partial charge in [-0.1, -0.05) is 11.6 Å². The van der Waals surface area contributed by atoms with Gasteiger partial charge in [0.1, 0.15) is 17.7 Å². The summed E-state index contributed by atoms with van der Waals surface area (Å²) in [6, 6.07) is 6.87. The number of hydrogen-bond donors (Lipinski definition) is 0. The summed E-state index contributed by atoms with van der Waals surface area (Å²) < 4.78 is 11.3. The number of halogens is 1. The highest BCUT2D eigenvalue weighted by atomic mass is 35.5. The number of nitrogens with zero attached hydrogens (tertiary/aromatic N) is 3. The first-order valence-electron chi connectivity index (χ1n) is 8.58. The second kappa shape index (κ2) is 7.91. The fourth-order valence-electron chi connectivity index (χ4n) is 3.15. The van der Waals surface area contributed by atoms with Gasteiger partial charge in [-0.15, -0.1) is 0 Å². The Morgan fingerprint density at radius 3 is 2.81 bits per heavy atom. The molecule has 3 rings (SSSR count). The molecule has 1 amide bonds. The van der Waals surface area contributed by atoms with E-state index in [1.807, 2.05) is 19.9 Å². The normalized spacial score (nSPS) is 17.1. The van der Waals surface area contributed by atoms with Crippen molar-refractivity contribution in [1.82, 2.24) is 14.9 Å². The number of ether oxygens (including phenoxy) is 2. The predicted molar refractivity (Wildman–Crippen MR) is 99.1 cm³/mol. The summed E-state index contributed by atoms with van der Waals surface area (Å²) in [5.74, 6) is 1.64. The molecule has 1 unspecified atom stereocenters. The summed E-state index contributed by atoms with van der Waals surface area (Å²) in [7, 11) is 1.54. The monoisotopic (exact) mass is 375 g/mol. The molecule has 1 aliphatic heterocycles. The summed E-state index contributed by atoms with van der Waals surface area (Å²) in [4.78, 5) is 23.3. The molecule has 0 radical (unpaired) electrons. The highest BCUT2D eigenvalue weighted by Crippen LogP contribution is 2.26. The lowest BCUT2D eigenvalue weighted by Crippen LogP contribution is -2.44. The minimum absolute atomic E-state index is 0.104. The first-order chi connectivity index (χ1) is 12.5. The lowest BCUT2D eigenvalue weighted by Gasteiger charge is -2.33. The minimum Gasteiger partial charge on any atom is -0.496 e. The van der Waals surface area contributed by atoms with Gasteiger partial charge in [0.05, 0.1) is 19.2 Å². The molecule has 1 atom stereocenters. The first-order valence-corrected chi connectivity index (χ1v) is 8.96. The van der Waals surface area contributed by atoms with Gasteiger partial charge in [-0.25, -0.2) is 4.98 Å². The van der Waals surface area contributed by atoms with Crippen LogP contribution in [0.25, 0.3) is 0 Å². The van der Waals surface area contributed by atoms with Gasteiger partial charge in [0, 0.05) is 23.3 Å². The maximum Gasteiger partial charge on any atom is 0.257 e. The number of methoxy groups -OCH3 is 1. The lowest BCUT2D eigenvalue weighted by atomic mass is 10.1. The Morgan fingerprint density at radius 2 is 2.08 bits per heavy atom. The van der Waals surface area contributed by atoms with Crippen LogP contribution in [0, 0.1) is 13.8 Å². The second-order valence-electron chi connectivity index (χ2n) is 6.37. The van der Waals surface area contributed by atoms with E-state index in [0.29, 0.717) is 41.1 Å². The predicted octanol–water partition coefficient (Wildman–Crippen LogP) is 3.44. The summed E-state index contributed by atoms with van der Waals surface area (Å²) in [6.07, 6.45) is 1.63. The number of benzene rings is 1. The van der Waals surface area contributed by atoms with Crippen molar-refractivity contribution in [2.75, 3.05) is 20.2 Å². The van der Waals surface area contributed by atoms with Crippen molar-refractivity contribution in [3.8, 4) is 11.6 Å². The van der Waals surface area contributed by atoms with Gasteiger partial charge in [0.2, 0.25) is 5.88 Å². The smallest absolute Gasteiger partial charge is 0.257 e. The molecule has 1 aromatic heterocycles. The van der Waals surface area contributed by atoms with E-state index in [9.17, 15) is 4.79 Å². The molecular weight excluding hydrogens is 354 g/mol. The summed E-state index contributed by atoms with van der Waals surface area (Å²) in [6.45, 7) is 4.92. The molecule has 2 heterocycles. The standard InChI is InChI=1S/C19H22ClN3O3/c1-12-9-18(22-13(2)21-12)26-15-5-4-8-23(11-15)19(24)16-10-14(20)6-7-17(16)25-3/h6-7,9-10,15H,4-5,8,11H2,1-3H3. The van der Waals surface area contributed by atoms with E-state index in [0.717, 1.165) is 18.5 Å². The van der Waals surface area contributed by atoms with E-state index in [4.69, 9.17) is 21.1 Å². The Bertz CT molecular complexity index is 792. The fourth-order valence-corrected chi connectivity index (χ4v) is 3.32. The van der Waals surface area contributed by atoms with Crippen LogP contribution in [0.15, 0.2) is 24.3 Å². The molecule has 0 N–H and O–H groups in total. The van der Waals surface area contributed by atoms with Gasteiger partial charge >= 0.3 is 0 Å². The zero-order valence-electron chi connectivity index (χ0n) is 15.2. The number of amides is 1. The van der Waals surface area contributed by atoms with Crippen molar-refractivity contribution >= 4 is 17.5 Å². The minimum atomic E-state index is -0.105. The second-order valence-corrected chi connectivity index (χ2v) is 6.81. The molecule has 26 heavy (non-hydrogen) atoms. The van der Waals surface area contributed by atoms with Crippen LogP contribution in [0.4, 0.5) is 0 Å². The van der Waals surface area contributed by atoms with Gasteiger partial charge in [0.25, 0.3) is 5.91 Å². The number of aryl methyl sites for hydroxylation is 2. The maximum atomic E-state index is 12.9. The average molecular weight is 376 g/mol. The molecule has 1 fully saturated rings. The van der Waals surface area contributed by atoms with E-state index >= 15 is 0 Å². The molecule has 2 aromatic rings. The Balaban J connectivity index is 1.74. The summed E-state index contributed by atoms with van der Waals surface area (Å²) >= 11 is 6.06. The van der Waals surface area contributed by atoms with E-state index in [2.05, 4.69) is 9.97 Å². The molecule has 1 saturated heterocycles. The number of rotatable bonds is 4. The molecule has 0 aliphatic carbocycles. The molecule has 0 bridgehead atoms. The number of carbonyl (C=O) groups excluding carboxylic acids is 1. The van der Waals surface area contributed by atoms with E-state index < -0.39 is 0 Å². The van der Waals surface area contributed by atoms with E-state index in [1.165, 1.54) is 0 Å². The largest absolute Gasteiger partial charge is 0.496 e. The maximum absolute atomic E-state index is 12.9. The topological polar surface area (TPSA) is 64.5 Å². The summed E-state index contributed by atoms with van der Waals surface area (Å²) in [5, 5.41) is 0.505. The molecule has 7 heteroatoms. The molecule has 138 valence electrons. The number of likely N-dealkylation sites (tertiary alicyclic amines) is 1. The van der Waals surface area contributed by atoms with Crippen LogP contribution < -0.4 is 9.47 Å². The SMILES string of the molecule is COc1ccc(Cl)cc1C(=O)N1CCCC(Oc2cc(C)nc(C)n2)C1. The van der Waals surface area contributed by atoms with Crippen molar-refractivity contribution in [3.63, 3.8) is 0 Å². The average Bonchev–Trinajstić information content (AvgIpc) is 2.60. The molecule has 1 aromatic carbocycles. The van der Waals surface area contributed by atoms with Crippen LogP contribution in [-0.2, 0) is 0 Å². The van der Waals surface area contributed by atoms with Crippen molar-refractivity contribution in [1.29, 1.82) is 0 Å². The van der Waals surface area contributed by atoms with Gasteiger partial charge in [-0.3, -0.25) is 4.79 Å². The van der Waals surface area contributed by atoms with Crippen LogP contribution in [0.2, 0.25) is 5.02 Å². The van der Waals surface area contributed by atoms with Gasteiger partial charge in [-0.2, -0.15) is 4.98 Å². The van der Waals surface area contributed by atoms with Crippen LogP contribution in [-0.4, -0.2) is 47.1 Å². The third-order valence-electron chi connectivity index (χ3n) is 4.29. The highest BCUT2D eigenvalue weighted by molar-refractivity contribution is 6.31. The quantitative estimate of drug-likeness (QED) is 0.819. The number of carbonyl (C=O) groups is 1. The molecule has 1 aliphatic rings. The van der Waals surface area contributed by atoms with Crippen molar-refractivity contribution in [2.45, 2.75) is 32.8 Å². The van der Waals surface area contributed by atoms with Gasteiger partial charge in [0.15, 0.2) is 0 Å². The van der Waals surface area contributed by atoms with Crippen LogP contribution in [0.1, 0.15) is 34.7 Å². The Morgan fingerprint density at radius 1 is 1.27 bits per heavy atom. The van der Waals surface area contributed by atoms with Gasteiger partial charge in [-0.05, 0) is 44.9 Å². The van der Waals surface area contributed by atoms with E-state index in [1.54, 1.807) is 30.2 Å². The summed E-state index contributed by atoms with van der Waals surface area (Å²) in [5.41, 5.74) is 1.33. The zero-order chi connectivity index (χ0) is 18.7. The lowest BCUT2D eigenvalue weighted by molar-refractivity contribution is 0.0524.